The molecular weight excluding hydrogens is 232 g/mol. The van der Waals surface area contributed by atoms with Crippen LogP contribution in [0.3, 0.4) is 0 Å². The summed E-state index contributed by atoms with van der Waals surface area (Å²) in [4.78, 5) is 11.9. The van der Waals surface area contributed by atoms with E-state index in [1.165, 1.54) is 6.20 Å². The van der Waals surface area contributed by atoms with Crippen LogP contribution in [0.1, 0.15) is 17.4 Å². The fraction of sp³-hybridized carbons (Fsp3) is 0.167. The number of ether oxygens (including phenoxy) is 1. The highest BCUT2D eigenvalue weighted by Crippen LogP contribution is 2.18. The number of nitrogens with two attached hydrogens (primary N) is 1. The van der Waals surface area contributed by atoms with Crippen molar-refractivity contribution in [2.45, 2.75) is 6.92 Å². The number of hydrogen-bond donors (Lipinski definition) is 3. The van der Waals surface area contributed by atoms with E-state index in [1.54, 1.807) is 18.2 Å². The number of nitrogens with zero attached hydrogens (tertiary/aromatic N) is 1. The van der Waals surface area contributed by atoms with Gasteiger partial charge in [-0.05, 0) is 19.1 Å². The number of nitrogen functional groups attached to an aromatic ring is 1. The molecule has 0 saturated carbocycles. The van der Waals surface area contributed by atoms with Crippen LogP contribution in [0.25, 0.3) is 0 Å². The molecule has 0 spiro atoms. The van der Waals surface area contributed by atoms with E-state index < -0.39 is 0 Å². The molecule has 6 nitrogen and oxygen atoms in total. The van der Waals surface area contributed by atoms with E-state index in [-0.39, 0.29) is 11.6 Å². The Balaban J connectivity index is 2.12. The predicted octanol–water partition coefficient (Wildman–Crippen LogP) is 1.64. The normalized spacial score (nSPS) is 10.1. The van der Waals surface area contributed by atoms with Crippen molar-refractivity contribution >= 4 is 17.3 Å². The molecule has 0 saturated heterocycles. The number of aromatic nitrogens is 2. The highest BCUT2D eigenvalue weighted by atomic mass is 16.5. The Labute approximate surface area is 104 Å². The second-order valence-corrected chi connectivity index (χ2v) is 3.62. The minimum Gasteiger partial charge on any atom is -0.494 e. The van der Waals surface area contributed by atoms with E-state index in [2.05, 4.69) is 15.5 Å². The van der Waals surface area contributed by atoms with Crippen LogP contribution in [0.15, 0.2) is 30.5 Å². The molecule has 0 fully saturated rings. The van der Waals surface area contributed by atoms with E-state index >= 15 is 0 Å². The van der Waals surface area contributed by atoms with E-state index in [1.807, 2.05) is 13.0 Å². The molecule has 1 aromatic heterocycles. The number of nitrogens with one attached hydrogen (secondary N) is 2. The third kappa shape index (κ3) is 2.60. The van der Waals surface area contributed by atoms with Gasteiger partial charge >= 0.3 is 0 Å². The second kappa shape index (κ2) is 5.22. The Morgan fingerprint density at radius 3 is 3.06 bits per heavy atom. The summed E-state index contributed by atoms with van der Waals surface area (Å²) in [6.45, 7) is 2.47. The van der Waals surface area contributed by atoms with Crippen molar-refractivity contribution in [1.82, 2.24) is 10.2 Å². The quantitative estimate of drug-likeness (QED) is 0.764. The van der Waals surface area contributed by atoms with Gasteiger partial charge in [-0.25, -0.2) is 0 Å². The fourth-order valence-corrected chi connectivity index (χ4v) is 1.50. The first-order chi connectivity index (χ1) is 8.70. The van der Waals surface area contributed by atoms with Crippen LogP contribution in [0.2, 0.25) is 0 Å². The highest BCUT2D eigenvalue weighted by molar-refractivity contribution is 6.06. The number of rotatable bonds is 4. The van der Waals surface area contributed by atoms with E-state index in [9.17, 15) is 4.79 Å². The Morgan fingerprint density at radius 2 is 2.39 bits per heavy atom. The maximum Gasteiger partial charge on any atom is 0.275 e. The van der Waals surface area contributed by atoms with Crippen LogP contribution in [0, 0.1) is 0 Å². The van der Waals surface area contributed by atoms with Gasteiger partial charge in [0, 0.05) is 11.8 Å². The number of carbonyl (C=O) groups is 1. The maximum absolute atomic E-state index is 11.9. The molecule has 1 heterocycles. The second-order valence-electron chi connectivity index (χ2n) is 3.62. The zero-order valence-electron chi connectivity index (χ0n) is 9.93. The highest BCUT2D eigenvalue weighted by Gasteiger charge is 2.11. The molecule has 18 heavy (non-hydrogen) atoms. The minimum atomic E-state index is -0.335. The molecule has 0 atom stereocenters. The van der Waals surface area contributed by atoms with Crippen LogP contribution in [0.4, 0.5) is 11.4 Å². The smallest absolute Gasteiger partial charge is 0.275 e. The Hall–Kier alpha value is -2.50. The lowest BCUT2D eigenvalue weighted by atomic mass is 10.3. The van der Waals surface area contributed by atoms with Gasteiger partial charge in [0.25, 0.3) is 5.91 Å². The number of aromatic amines is 1. The van der Waals surface area contributed by atoms with Crippen LogP contribution < -0.4 is 15.8 Å². The molecule has 1 aromatic carbocycles. The van der Waals surface area contributed by atoms with E-state index in [0.717, 1.165) is 0 Å². The van der Waals surface area contributed by atoms with Gasteiger partial charge in [0.1, 0.15) is 11.4 Å². The fourth-order valence-electron chi connectivity index (χ4n) is 1.50. The molecule has 6 heteroatoms. The average Bonchev–Trinajstić information content (AvgIpc) is 2.76. The van der Waals surface area contributed by atoms with Gasteiger partial charge < -0.3 is 15.8 Å². The molecule has 0 bridgehead atoms. The molecular formula is C12H14N4O2. The van der Waals surface area contributed by atoms with Crippen molar-refractivity contribution in [3.05, 3.63) is 36.2 Å². The lowest BCUT2D eigenvalue weighted by Crippen LogP contribution is -2.14. The molecule has 1 amide bonds. The number of carbonyl (C=O) groups excluding carboxylic acids is 1. The monoisotopic (exact) mass is 246 g/mol. The molecule has 0 aliphatic rings. The molecule has 4 N–H and O–H groups in total. The number of H-pyrrole nitrogens is 1. The Kier molecular flexibility index (Phi) is 3.47. The van der Waals surface area contributed by atoms with Crippen molar-refractivity contribution in [3.63, 3.8) is 0 Å². The Morgan fingerprint density at radius 1 is 1.56 bits per heavy atom. The van der Waals surface area contributed by atoms with Crippen molar-refractivity contribution in [2.24, 2.45) is 0 Å². The van der Waals surface area contributed by atoms with Gasteiger partial charge in [0.2, 0.25) is 0 Å². The van der Waals surface area contributed by atoms with Crippen molar-refractivity contribution in [3.8, 4) is 5.75 Å². The summed E-state index contributed by atoms with van der Waals surface area (Å²) in [7, 11) is 0. The number of benzene rings is 1. The molecule has 0 aliphatic heterocycles. The molecule has 0 aliphatic carbocycles. The molecule has 0 unspecified atom stereocenters. The SMILES string of the molecule is CCOc1cccc(NC(=O)c2[nH]ncc2N)c1. The first-order valence-electron chi connectivity index (χ1n) is 5.53. The van der Waals surface area contributed by atoms with E-state index in [0.29, 0.717) is 23.7 Å². The molecule has 0 radical (unpaired) electrons. The lowest BCUT2D eigenvalue weighted by Gasteiger charge is -2.07. The average molecular weight is 246 g/mol. The standard InChI is InChI=1S/C12H14N4O2/c1-2-18-9-5-3-4-8(6-9)15-12(17)11-10(13)7-14-16-11/h3-7H,2,13H2,1H3,(H,14,16)(H,15,17). The molecule has 2 aromatic rings. The van der Waals surface area contributed by atoms with Gasteiger partial charge in [0.15, 0.2) is 0 Å². The number of anilines is 2. The largest absolute Gasteiger partial charge is 0.494 e. The first-order valence-corrected chi connectivity index (χ1v) is 5.53. The lowest BCUT2D eigenvalue weighted by molar-refractivity contribution is 0.102. The van der Waals surface area contributed by atoms with Crippen LogP contribution in [0.5, 0.6) is 5.75 Å². The number of hydrogen-bond acceptors (Lipinski definition) is 4. The van der Waals surface area contributed by atoms with Crippen molar-refractivity contribution < 1.29 is 9.53 Å². The van der Waals surface area contributed by atoms with Crippen molar-refractivity contribution in [1.29, 1.82) is 0 Å². The third-order valence-electron chi connectivity index (χ3n) is 2.30. The van der Waals surface area contributed by atoms with Gasteiger partial charge in [-0.2, -0.15) is 5.10 Å². The van der Waals surface area contributed by atoms with Crippen LogP contribution >= 0.6 is 0 Å². The molecule has 2 rings (SSSR count). The number of amides is 1. The zero-order chi connectivity index (χ0) is 13.0. The summed E-state index contributed by atoms with van der Waals surface area (Å²) in [6.07, 6.45) is 1.39. The first kappa shape index (κ1) is 12.0. The van der Waals surface area contributed by atoms with Crippen molar-refractivity contribution in [2.75, 3.05) is 17.7 Å². The van der Waals surface area contributed by atoms with Gasteiger partial charge in [0.05, 0.1) is 18.5 Å². The Bertz CT molecular complexity index is 551. The van der Waals surface area contributed by atoms with Gasteiger partial charge in [-0.3, -0.25) is 9.89 Å². The van der Waals surface area contributed by atoms with Gasteiger partial charge in [-0.1, -0.05) is 6.07 Å². The summed E-state index contributed by atoms with van der Waals surface area (Å²) >= 11 is 0. The van der Waals surface area contributed by atoms with Crippen LogP contribution in [-0.4, -0.2) is 22.7 Å². The maximum atomic E-state index is 11.9. The summed E-state index contributed by atoms with van der Waals surface area (Å²) in [5.74, 6) is 0.367. The van der Waals surface area contributed by atoms with E-state index in [4.69, 9.17) is 10.5 Å². The van der Waals surface area contributed by atoms with Crippen LogP contribution in [-0.2, 0) is 0 Å². The van der Waals surface area contributed by atoms with Gasteiger partial charge in [-0.15, -0.1) is 0 Å². The summed E-state index contributed by atoms with van der Waals surface area (Å²) in [5, 5.41) is 8.96. The summed E-state index contributed by atoms with van der Waals surface area (Å²) < 4.78 is 5.35. The molecule has 94 valence electrons. The summed E-state index contributed by atoms with van der Waals surface area (Å²) in [5.41, 5.74) is 6.79. The topological polar surface area (TPSA) is 93.0 Å². The summed E-state index contributed by atoms with van der Waals surface area (Å²) in [6, 6.07) is 7.14. The minimum absolute atomic E-state index is 0.247. The predicted molar refractivity (Wildman–Crippen MR) is 68.6 cm³/mol. The third-order valence-corrected chi connectivity index (χ3v) is 2.30. The zero-order valence-corrected chi connectivity index (χ0v) is 9.93.